The Bertz CT molecular complexity index is 3270. The van der Waals surface area contributed by atoms with Gasteiger partial charge in [0.2, 0.25) is 5.91 Å². The van der Waals surface area contributed by atoms with Gasteiger partial charge in [-0.2, -0.15) is 5.10 Å². The normalized spacial score (nSPS) is 14.9. The van der Waals surface area contributed by atoms with Gasteiger partial charge in [0, 0.05) is 57.1 Å². The molecule has 2 fully saturated rings. The van der Waals surface area contributed by atoms with Gasteiger partial charge < -0.3 is 50.2 Å². The van der Waals surface area contributed by atoms with Gasteiger partial charge in [-0.25, -0.2) is 19.4 Å². The number of benzene rings is 4. The van der Waals surface area contributed by atoms with E-state index in [0.717, 1.165) is 28.7 Å². The second kappa shape index (κ2) is 27.3. The third-order valence-corrected chi connectivity index (χ3v) is 14.4. The lowest BCUT2D eigenvalue weighted by atomic mass is 9.92. The van der Waals surface area contributed by atoms with E-state index in [1.807, 2.05) is 125 Å². The highest BCUT2D eigenvalue weighted by molar-refractivity contribution is 6.45. The van der Waals surface area contributed by atoms with Crippen molar-refractivity contribution < 1.29 is 43.3 Å². The van der Waals surface area contributed by atoms with Crippen molar-refractivity contribution in [1.82, 2.24) is 55.4 Å². The summed E-state index contributed by atoms with van der Waals surface area (Å²) in [5.41, 5.74) is 5.13. The van der Waals surface area contributed by atoms with Crippen LogP contribution in [0, 0.1) is 26.7 Å². The molecule has 3 aromatic heterocycles. The Morgan fingerprint density at radius 2 is 1.40 bits per heavy atom. The number of rotatable bonds is 20. The molecule has 4 atom stereocenters. The summed E-state index contributed by atoms with van der Waals surface area (Å²) in [5, 5.41) is 25.5. The van der Waals surface area contributed by atoms with E-state index in [9.17, 15) is 33.9 Å². The Morgan fingerprint density at radius 3 is 2.00 bits per heavy atom. The van der Waals surface area contributed by atoms with Gasteiger partial charge in [-0.15, -0.1) is 0 Å². The van der Waals surface area contributed by atoms with E-state index in [-0.39, 0.29) is 61.4 Å². The maximum atomic E-state index is 13.8. The number of H-pyrrole nitrogens is 1. The van der Waals surface area contributed by atoms with Crippen LogP contribution >= 0.6 is 0 Å². The number of pyridine rings is 1. The first kappa shape index (κ1) is 58.2. The number of ketones is 1. The van der Waals surface area contributed by atoms with Crippen LogP contribution in [0.5, 0.6) is 11.5 Å². The van der Waals surface area contributed by atoms with Crippen molar-refractivity contribution in [1.29, 1.82) is 0 Å². The van der Waals surface area contributed by atoms with E-state index in [0.29, 0.717) is 78.6 Å². The van der Waals surface area contributed by atoms with E-state index in [2.05, 4.69) is 36.0 Å². The van der Waals surface area contributed by atoms with Gasteiger partial charge in [-0.3, -0.25) is 24.0 Å². The molecule has 4 aromatic carbocycles. The van der Waals surface area contributed by atoms with E-state index in [1.54, 1.807) is 28.9 Å². The number of aliphatic hydroxyl groups is 1. The average molecular weight is 1100 g/mol. The Hall–Kier alpha value is -8.91. The molecule has 0 spiro atoms. The number of aliphatic hydroxyl groups excluding tert-OH is 1. The minimum atomic E-state index is -0.992. The number of aromatic nitrogens is 5. The zero-order valence-electron chi connectivity index (χ0n) is 46.6. The lowest BCUT2D eigenvalue weighted by Gasteiger charge is -2.37. The molecule has 2 aliphatic rings. The minimum Gasteiger partial charge on any atom is -0.494 e. The molecule has 5 heterocycles. The topological polar surface area (TPSA) is 246 Å². The number of carbonyl (C=O) groups is 6. The van der Waals surface area contributed by atoms with Crippen LogP contribution in [0.2, 0.25) is 0 Å². The molecule has 2 saturated heterocycles. The SMILES string of the molecule is COc1cnc(-n2cnc(C)n2)c2[nH]cc(C(=O)C(=O)N3CCN(C(=O)c4ccccc4)CC3)c12.Cc1cccc(C)c1OCC(=O)N[C@@H](Cc1ccccc1)[C@@H](O)C[C@H](Cc1ccccc1)NC(=O)[C@H](C(C)C)N1CCCNC1=O. The van der Waals surface area contributed by atoms with Crippen molar-refractivity contribution in [3.05, 3.63) is 167 Å². The second-order valence-electron chi connectivity index (χ2n) is 20.7. The number of aromatic amines is 1. The second-order valence-corrected chi connectivity index (χ2v) is 20.7. The zero-order valence-corrected chi connectivity index (χ0v) is 46.6. The molecular weight excluding hydrogens is 1030 g/mol. The summed E-state index contributed by atoms with van der Waals surface area (Å²) < 4.78 is 12.8. The van der Waals surface area contributed by atoms with Crippen molar-refractivity contribution in [2.75, 3.05) is 53.0 Å². The molecule has 7 aromatic rings. The molecule has 0 radical (unpaired) electrons. The summed E-state index contributed by atoms with van der Waals surface area (Å²) in [6.07, 6.45) is 5.32. The number of piperazine rings is 1. The molecule has 9 rings (SSSR count). The van der Waals surface area contributed by atoms with Gasteiger partial charge in [-0.05, 0) is 86.8 Å². The smallest absolute Gasteiger partial charge is 0.318 e. The lowest BCUT2D eigenvalue weighted by molar-refractivity contribution is -0.128. The number of methoxy groups -OCH3 is 1. The molecule has 6 amide bonds. The number of amides is 6. The third kappa shape index (κ3) is 14.7. The number of hydrogen-bond donors (Lipinski definition) is 5. The summed E-state index contributed by atoms with van der Waals surface area (Å²) in [5.74, 6) is -0.0736. The maximum Gasteiger partial charge on any atom is 0.318 e. The monoisotopic (exact) mass is 1100 g/mol. The first-order valence-corrected chi connectivity index (χ1v) is 27.3. The summed E-state index contributed by atoms with van der Waals surface area (Å²) in [4.78, 5) is 95.1. The standard InChI is InChI=1S/C37H48N4O5.C24H23N7O4/c1-25(2)34(41-20-12-19-38-37(41)45)36(44)39-30(21-28-15-7-5-8-16-28)23-32(42)31(22-29-17-9-6-10-18-29)40-33(43)24-46-35-26(3)13-11-14-27(35)4;1-15-27-14-31(28-15)22-20-19(18(35-2)13-26-22)17(12-25-20)21(32)24(34)30-10-8-29(9-11-30)23(33)16-6-4-3-5-7-16/h5-11,13-18,25,30-32,34,42H,12,19-24H2,1-4H3,(H,38,45)(H,39,44)(H,40,43);3-7,12-14,25H,8-11H2,1-2H3/t30-,31-,32-,34-;/m0./s1. The number of hydrogen-bond acceptors (Lipinski definition) is 12. The number of fused-ring (bicyclic) bond motifs is 1. The number of ether oxygens (including phenoxy) is 2. The summed E-state index contributed by atoms with van der Waals surface area (Å²) >= 11 is 0. The van der Waals surface area contributed by atoms with Crippen LogP contribution in [0.3, 0.4) is 0 Å². The van der Waals surface area contributed by atoms with Gasteiger partial charge in [0.15, 0.2) is 12.4 Å². The highest BCUT2D eigenvalue weighted by Crippen LogP contribution is 2.32. The third-order valence-electron chi connectivity index (χ3n) is 14.4. The van der Waals surface area contributed by atoms with Crippen LogP contribution in [-0.4, -0.2) is 157 Å². The van der Waals surface area contributed by atoms with Crippen molar-refractivity contribution >= 4 is 46.3 Å². The fourth-order valence-corrected chi connectivity index (χ4v) is 10.3. The van der Waals surface area contributed by atoms with Crippen LogP contribution in [-0.2, 0) is 27.2 Å². The summed E-state index contributed by atoms with van der Waals surface area (Å²) in [6, 6.07) is 32.3. The lowest BCUT2D eigenvalue weighted by Crippen LogP contribution is -2.59. The Kier molecular flexibility index (Phi) is 19.6. The fourth-order valence-electron chi connectivity index (χ4n) is 10.3. The molecule has 81 heavy (non-hydrogen) atoms. The van der Waals surface area contributed by atoms with E-state index >= 15 is 0 Å². The van der Waals surface area contributed by atoms with Gasteiger partial charge in [-0.1, -0.05) is 111 Å². The summed E-state index contributed by atoms with van der Waals surface area (Å²) in [6.45, 7) is 11.6. The van der Waals surface area contributed by atoms with Crippen molar-refractivity contribution in [3.63, 3.8) is 0 Å². The number of Topliss-reactive ketones (excluding diaryl/α,β-unsaturated/α-hetero) is 1. The van der Waals surface area contributed by atoms with Crippen LogP contribution in [0.4, 0.5) is 4.79 Å². The predicted octanol–water partition coefficient (Wildman–Crippen LogP) is 5.96. The number of urea groups is 1. The fraction of sp³-hybridized carbons (Fsp3) is 0.361. The number of aryl methyl sites for hydroxylation is 3. The van der Waals surface area contributed by atoms with Crippen LogP contribution in [0.25, 0.3) is 16.7 Å². The number of nitrogens with one attached hydrogen (secondary N) is 4. The van der Waals surface area contributed by atoms with E-state index < -0.39 is 35.9 Å². The summed E-state index contributed by atoms with van der Waals surface area (Å²) in [7, 11) is 1.47. The quantitative estimate of drug-likeness (QED) is 0.0439. The molecule has 0 saturated carbocycles. The van der Waals surface area contributed by atoms with Crippen LogP contribution in [0.1, 0.15) is 75.5 Å². The number of carbonyl (C=O) groups excluding carboxylic acids is 6. The largest absolute Gasteiger partial charge is 0.494 e. The molecule has 0 aliphatic carbocycles. The first-order valence-electron chi connectivity index (χ1n) is 27.3. The number of para-hydroxylation sites is 1. The number of nitrogens with zero attached hydrogens (tertiary/aromatic N) is 7. The Labute approximate surface area is 471 Å². The Morgan fingerprint density at radius 1 is 0.765 bits per heavy atom. The van der Waals surface area contributed by atoms with Gasteiger partial charge >= 0.3 is 6.03 Å². The zero-order chi connectivity index (χ0) is 57.6. The maximum absolute atomic E-state index is 13.8. The van der Waals surface area contributed by atoms with Gasteiger partial charge in [0.05, 0.1) is 41.9 Å². The molecule has 20 heteroatoms. The van der Waals surface area contributed by atoms with Crippen LogP contribution < -0.4 is 25.4 Å². The molecule has 0 unspecified atom stereocenters. The van der Waals surface area contributed by atoms with Gasteiger partial charge in [0.1, 0.15) is 29.7 Å². The molecule has 0 bridgehead atoms. The van der Waals surface area contributed by atoms with Crippen molar-refractivity contribution in [3.8, 4) is 17.3 Å². The molecule has 5 N–H and O–H groups in total. The highest BCUT2D eigenvalue weighted by Gasteiger charge is 2.36. The van der Waals surface area contributed by atoms with Crippen LogP contribution in [0.15, 0.2) is 128 Å². The molecule has 20 nitrogen and oxygen atoms in total. The predicted molar refractivity (Wildman–Crippen MR) is 305 cm³/mol. The van der Waals surface area contributed by atoms with E-state index in [1.165, 1.54) is 35.4 Å². The molecular formula is C61H71N11O9. The Balaban J connectivity index is 0.000000220. The van der Waals surface area contributed by atoms with Gasteiger partial charge in [0.25, 0.3) is 23.5 Å². The average Bonchev–Trinajstić information content (AvgIpc) is 4.37. The van der Waals surface area contributed by atoms with Crippen molar-refractivity contribution in [2.24, 2.45) is 5.92 Å². The van der Waals surface area contributed by atoms with E-state index in [4.69, 9.17) is 9.47 Å². The highest BCUT2D eigenvalue weighted by atomic mass is 16.5. The molecule has 424 valence electrons. The van der Waals surface area contributed by atoms with Crippen molar-refractivity contribution in [2.45, 2.75) is 84.5 Å². The molecule has 2 aliphatic heterocycles. The minimum absolute atomic E-state index is 0.0891. The first-order chi connectivity index (χ1) is 39.1.